The van der Waals surface area contributed by atoms with Crippen LogP contribution in [0.5, 0.6) is 0 Å². The number of hydrogen-bond acceptors (Lipinski definition) is 2. The van der Waals surface area contributed by atoms with Crippen LogP contribution in [0.15, 0.2) is 0 Å². The highest BCUT2D eigenvalue weighted by atomic mass is 35.6. The highest BCUT2D eigenvalue weighted by molar-refractivity contribution is 6.89. The van der Waals surface area contributed by atoms with E-state index in [1.807, 2.05) is 13.8 Å². The molecule has 2 nitrogen and oxygen atoms in total. The summed E-state index contributed by atoms with van der Waals surface area (Å²) in [5.74, 6) is 0. The molecule has 0 amide bonds. The van der Waals surface area contributed by atoms with Crippen LogP contribution >= 0.6 is 11.1 Å². The van der Waals surface area contributed by atoms with Crippen LogP contribution in [0.4, 0.5) is 0 Å². The zero-order valence-corrected chi connectivity index (χ0v) is 7.36. The van der Waals surface area contributed by atoms with Gasteiger partial charge in [0.25, 0.3) is 9.07 Å². The lowest BCUT2D eigenvalue weighted by molar-refractivity contribution is -0.0585. The Labute approximate surface area is 56.8 Å². The number of hydrogen-bond donors (Lipinski definition) is 0. The van der Waals surface area contributed by atoms with Gasteiger partial charge in [-0.3, -0.25) is 0 Å². The topological polar surface area (TPSA) is 18.5 Å². The van der Waals surface area contributed by atoms with Crippen LogP contribution in [0, 0.1) is 0 Å². The molecule has 0 heterocycles. The Morgan fingerprint density at radius 1 is 1.75 bits per heavy atom. The smallest absolute Gasteiger partial charge is 0.261 e. The third kappa shape index (κ3) is 4.58. The van der Waals surface area contributed by atoms with Gasteiger partial charge in [-0.25, -0.2) is 0 Å². The Bertz CT molecular complexity index is 47.3. The molecule has 0 fully saturated rings. The monoisotopic (exact) mass is 154 g/mol. The summed E-state index contributed by atoms with van der Waals surface area (Å²) in [6.45, 7) is 4.46. The molecule has 0 radical (unpaired) electrons. The summed E-state index contributed by atoms with van der Waals surface area (Å²) in [6.07, 6.45) is -0.107. The zero-order chi connectivity index (χ0) is 6.41. The summed E-state index contributed by atoms with van der Waals surface area (Å²) in [4.78, 5) is 0. The third-order valence-corrected chi connectivity index (χ3v) is 1.67. The van der Waals surface area contributed by atoms with Crippen molar-refractivity contribution in [1.29, 1.82) is 0 Å². The van der Waals surface area contributed by atoms with Crippen LogP contribution in [0.2, 0.25) is 0 Å². The molecule has 0 aromatic rings. The van der Waals surface area contributed by atoms with Gasteiger partial charge in [-0.1, -0.05) is 0 Å². The van der Waals surface area contributed by atoms with Gasteiger partial charge in [0.05, 0.1) is 0 Å². The zero-order valence-electron chi connectivity index (χ0n) is 5.19. The molecule has 0 saturated carbocycles. The summed E-state index contributed by atoms with van der Waals surface area (Å²) in [7, 11) is -0.807. The van der Waals surface area contributed by atoms with Crippen molar-refractivity contribution in [2.75, 3.05) is 6.61 Å². The fourth-order valence-corrected chi connectivity index (χ4v) is 1.18. The maximum absolute atomic E-state index is 5.37. The van der Waals surface area contributed by atoms with Gasteiger partial charge in [-0.2, -0.15) is 0 Å². The van der Waals surface area contributed by atoms with Crippen LogP contribution in [0.1, 0.15) is 13.8 Å². The van der Waals surface area contributed by atoms with E-state index in [1.165, 1.54) is 0 Å². The Morgan fingerprint density at radius 2 is 2.38 bits per heavy atom. The van der Waals surface area contributed by atoms with Gasteiger partial charge in [0.15, 0.2) is 0 Å². The second-order valence-corrected chi connectivity index (χ2v) is 2.50. The highest BCUT2D eigenvalue weighted by Crippen LogP contribution is 1.91. The van der Waals surface area contributed by atoms with Crippen LogP contribution in [0.25, 0.3) is 0 Å². The molecule has 0 aromatic heterocycles. The first-order valence-electron chi connectivity index (χ1n) is 2.60. The predicted octanol–water partition coefficient (Wildman–Crippen LogP) is 0.623. The maximum atomic E-state index is 5.37. The molecule has 0 aliphatic rings. The van der Waals surface area contributed by atoms with E-state index in [0.717, 1.165) is 0 Å². The van der Waals surface area contributed by atoms with Crippen LogP contribution in [-0.4, -0.2) is 22.0 Å². The van der Waals surface area contributed by atoms with Crippen LogP contribution in [0.3, 0.4) is 0 Å². The molecule has 0 saturated heterocycles. The Kier molecular flexibility index (Phi) is 5.86. The second-order valence-electron chi connectivity index (χ2n) is 1.30. The van der Waals surface area contributed by atoms with Gasteiger partial charge >= 0.3 is 0 Å². The van der Waals surface area contributed by atoms with Crippen molar-refractivity contribution in [3.63, 3.8) is 0 Å². The molecule has 1 unspecified atom stereocenters. The van der Waals surface area contributed by atoms with E-state index in [1.54, 1.807) is 0 Å². The Balaban J connectivity index is 2.92. The normalized spacial score (nSPS) is 15.4. The standard InChI is InChI=1S/C4H11ClO2Si/c1-3-6-4(2)7-8-5/h4H,3,8H2,1-2H3. The molecular weight excluding hydrogens is 144 g/mol. The largest absolute Gasteiger partial charge is 0.383 e. The van der Waals surface area contributed by atoms with Gasteiger partial charge in [-0.05, 0) is 13.8 Å². The molecule has 0 spiro atoms. The quantitative estimate of drug-likeness (QED) is 0.336. The van der Waals surface area contributed by atoms with Gasteiger partial charge in [-0.15, -0.1) is 11.1 Å². The van der Waals surface area contributed by atoms with E-state index in [9.17, 15) is 0 Å². The molecule has 0 aliphatic heterocycles. The minimum atomic E-state index is -0.807. The first-order chi connectivity index (χ1) is 3.81. The molecule has 0 aromatic carbocycles. The van der Waals surface area contributed by atoms with Gasteiger partial charge in [0, 0.05) is 6.61 Å². The van der Waals surface area contributed by atoms with E-state index in [2.05, 4.69) is 0 Å². The summed E-state index contributed by atoms with van der Waals surface area (Å²) in [6, 6.07) is 0. The summed E-state index contributed by atoms with van der Waals surface area (Å²) in [5.41, 5.74) is 0. The molecule has 0 bridgehead atoms. The number of halogens is 1. The Hall–Kier alpha value is 0.427. The molecule has 0 rings (SSSR count). The fourth-order valence-electron chi connectivity index (χ4n) is 0.372. The molecular formula is C4H11ClO2Si. The summed E-state index contributed by atoms with van der Waals surface area (Å²) < 4.78 is 9.97. The fraction of sp³-hybridized carbons (Fsp3) is 1.00. The SMILES string of the molecule is CCOC(C)O[SiH2]Cl. The first-order valence-corrected chi connectivity index (χ1v) is 5.32. The van der Waals surface area contributed by atoms with Crippen molar-refractivity contribution in [3.05, 3.63) is 0 Å². The summed E-state index contributed by atoms with van der Waals surface area (Å²) >= 11 is 5.37. The Morgan fingerprint density at radius 3 is 2.75 bits per heavy atom. The predicted molar refractivity (Wildman–Crippen MR) is 36.6 cm³/mol. The van der Waals surface area contributed by atoms with Crippen LogP contribution in [-0.2, 0) is 9.16 Å². The van der Waals surface area contributed by atoms with E-state index in [4.69, 9.17) is 20.2 Å². The molecule has 4 heteroatoms. The maximum Gasteiger partial charge on any atom is 0.261 e. The van der Waals surface area contributed by atoms with Crippen LogP contribution < -0.4 is 0 Å². The number of rotatable bonds is 4. The van der Waals surface area contributed by atoms with Crippen molar-refractivity contribution < 1.29 is 9.16 Å². The van der Waals surface area contributed by atoms with Gasteiger partial charge < -0.3 is 9.16 Å². The van der Waals surface area contributed by atoms with E-state index >= 15 is 0 Å². The van der Waals surface area contributed by atoms with E-state index in [-0.39, 0.29) is 6.29 Å². The lowest BCUT2D eigenvalue weighted by Gasteiger charge is -2.09. The minimum absolute atomic E-state index is 0.107. The first kappa shape index (κ1) is 8.43. The van der Waals surface area contributed by atoms with E-state index < -0.39 is 9.07 Å². The third-order valence-electron chi connectivity index (χ3n) is 0.699. The van der Waals surface area contributed by atoms with Crippen molar-refractivity contribution >= 4 is 20.2 Å². The lowest BCUT2D eigenvalue weighted by atomic mass is 10.7. The minimum Gasteiger partial charge on any atom is -0.383 e. The van der Waals surface area contributed by atoms with Crippen molar-refractivity contribution in [2.45, 2.75) is 20.1 Å². The molecule has 0 N–H and O–H groups in total. The lowest BCUT2D eigenvalue weighted by Crippen LogP contribution is -2.12. The molecule has 0 aliphatic carbocycles. The molecule has 1 atom stereocenters. The summed E-state index contributed by atoms with van der Waals surface area (Å²) in [5, 5.41) is 0. The second kappa shape index (κ2) is 5.56. The van der Waals surface area contributed by atoms with E-state index in [0.29, 0.717) is 6.61 Å². The average molecular weight is 155 g/mol. The highest BCUT2D eigenvalue weighted by Gasteiger charge is 1.95. The molecule has 8 heavy (non-hydrogen) atoms. The van der Waals surface area contributed by atoms with Crippen molar-refractivity contribution in [2.24, 2.45) is 0 Å². The van der Waals surface area contributed by atoms with Crippen molar-refractivity contribution in [1.82, 2.24) is 0 Å². The van der Waals surface area contributed by atoms with Crippen molar-refractivity contribution in [3.8, 4) is 0 Å². The average Bonchev–Trinajstić information content (AvgIpc) is 1.68. The molecule has 50 valence electrons. The number of ether oxygens (including phenoxy) is 1. The van der Waals surface area contributed by atoms with Gasteiger partial charge in [0.1, 0.15) is 6.29 Å². The van der Waals surface area contributed by atoms with Gasteiger partial charge in [0.2, 0.25) is 0 Å².